The van der Waals surface area contributed by atoms with Crippen LogP contribution < -0.4 is 20.5 Å². The number of hydrogen-bond acceptors (Lipinski definition) is 4. The van der Waals surface area contributed by atoms with E-state index in [2.05, 4.69) is 5.32 Å². The van der Waals surface area contributed by atoms with Gasteiger partial charge in [0.25, 0.3) is 0 Å². The maximum atomic E-state index is 7.39. The molecular weight excluding hydrogens is 278 g/mol. The molecule has 0 saturated carbocycles. The second-order valence-corrected chi connectivity index (χ2v) is 4.70. The highest BCUT2D eigenvalue weighted by Gasteiger charge is 1.99. The first-order valence-corrected chi connectivity index (χ1v) is 7.21. The third-order valence-electron chi connectivity index (χ3n) is 2.98. The highest BCUT2D eigenvalue weighted by atomic mass is 16.5. The largest absolute Gasteiger partial charge is 0.492 e. The van der Waals surface area contributed by atoms with Crippen LogP contribution in [0.25, 0.3) is 0 Å². The zero-order valence-corrected chi connectivity index (χ0v) is 12.4. The highest BCUT2D eigenvalue weighted by molar-refractivity contribution is 5.95. The van der Waals surface area contributed by atoms with Crippen molar-refractivity contribution in [2.24, 2.45) is 5.73 Å². The monoisotopic (exact) mass is 299 g/mol. The lowest BCUT2D eigenvalue weighted by Gasteiger charge is -2.09. The smallest absolute Gasteiger partial charge is 0.122 e. The molecular formula is C17H21N3O2. The summed E-state index contributed by atoms with van der Waals surface area (Å²) in [5.41, 5.74) is 6.11. The minimum absolute atomic E-state index is 0.0432. The molecule has 0 amide bonds. The van der Waals surface area contributed by atoms with Crippen molar-refractivity contribution in [2.75, 3.05) is 26.3 Å². The van der Waals surface area contributed by atoms with Gasteiger partial charge in [0.1, 0.15) is 30.5 Å². The molecule has 0 spiro atoms. The van der Waals surface area contributed by atoms with Gasteiger partial charge in [0.15, 0.2) is 0 Å². The Bertz CT molecular complexity index is 587. The van der Waals surface area contributed by atoms with Crippen molar-refractivity contribution in [1.82, 2.24) is 5.32 Å². The highest BCUT2D eigenvalue weighted by Crippen LogP contribution is 2.12. The molecule has 22 heavy (non-hydrogen) atoms. The number of nitrogens with one attached hydrogen (secondary N) is 2. The minimum atomic E-state index is 0.0432. The minimum Gasteiger partial charge on any atom is -0.492 e. The molecule has 0 atom stereocenters. The number of hydrogen-bond donors (Lipinski definition) is 3. The van der Waals surface area contributed by atoms with Gasteiger partial charge in [-0.3, -0.25) is 5.41 Å². The summed E-state index contributed by atoms with van der Waals surface area (Å²) >= 11 is 0. The van der Waals surface area contributed by atoms with E-state index in [1.807, 2.05) is 42.5 Å². The van der Waals surface area contributed by atoms with Gasteiger partial charge in [-0.2, -0.15) is 0 Å². The molecule has 5 heteroatoms. The zero-order valence-electron chi connectivity index (χ0n) is 12.4. The van der Waals surface area contributed by atoms with Crippen molar-refractivity contribution in [1.29, 1.82) is 5.41 Å². The number of ether oxygens (including phenoxy) is 2. The standard InChI is InChI=1S/C17H21N3O2/c18-17(19)14-5-4-8-16(13-14)22-12-10-20-9-11-21-15-6-2-1-3-7-15/h1-8,13,20H,9-12H2,(H3,18,19). The summed E-state index contributed by atoms with van der Waals surface area (Å²) in [5, 5.41) is 10.6. The number of nitrogen functional groups attached to an aromatic ring is 1. The van der Waals surface area contributed by atoms with E-state index >= 15 is 0 Å². The van der Waals surface area contributed by atoms with Crippen LogP contribution in [-0.4, -0.2) is 32.1 Å². The second kappa shape index (κ2) is 8.69. The van der Waals surface area contributed by atoms with Crippen LogP contribution in [0.2, 0.25) is 0 Å². The molecule has 0 bridgehead atoms. The maximum absolute atomic E-state index is 7.39. The third kappa shape index (κ3) is 5.46. The molecule has 5 nitrogen and oxygen atoms in total. The van der Waals surface area contributed by atoms with Gasteiger partial charge in [0.05, 0.1) is 0 Å². The van der Waals surface area contributed by atoms with Gasteiger partial charge in [0.2, 0.25) is 0 Å². The maximum Gasteiger partial charge on any atom is 0.122 e. The van der Waals surface area contributed by atoms with Gasteiger partial charge in [-0.15, -0.1) is 0 Å². The van der Waals surface area contributed by atoms with Crippen molar-refractivity contribution in [3.63, 3.8) is 0 Å². The number of benzene rings is 2. The van der Waals surface area contributed by atoms with E-state index in [1.165, 1.54) is 0 Å². The lowest BCUT2D eigenvalue weighted by molar-refractivity contribution is 0.289. The van der Waals surface area contributed by atoms with Crippen molar-refractivity contribution < 1.29 is 9.47 Å². The van der Waals surface area contributed by atoms with E-state index in [-0.39, 0.29) is 5.84 Å². The molecule has 0 unspecified atom stereocenters. The molecule has 0 heterocycles. The number of rotatable bonds is 9. The molecule has 4 N–H and O–H groups in total. The Morgan fingerprint density at radius 1 is 0.909 bits per heavy atom. The average molecular weight is 299 g/mol. The summed E-state index contributed by atoms with van der Waals surface area (Å²) < 4.78 is 11.2. The average Bonchev–Trinajstić information content (AvgIpc) is 2.55. The van der Waals surface area contributed by atoms with Crippen LogP contribution in [0.15, 0.2) is 54.6 Å². The molecule has 0 aliphatic heterocycles. The number of para-hydroxylation sites is 1. The molecule has 0 aliphatic rings. The fourth-order valence-electron chi connectivity index (χ4n) is 1.88. The first-order valence-electron chi connectivity index (χ1n) is 7.21. The Balaban J connectivity index is 1.58. The lowest BCUT2D eigenvalue weighted by Crippen LogP contribution is -2.25. The van der Waals surface area contributed by atoms with Crippen LogP contribution in [0.4, 0.5) is 0 Å². The number of amidine groups is 1. The molecule has 0 radical (unpaired) electrons. The van der Waals surface area contributed by atoms with Crippen molar-refractivity contribution >= 4 is 5.84 Å². The van der Waals surface area contributed by atoms with E-state index in [4.69, 9.17) is 20.6 Å². The third-order valence-corrected chi connectivity index (χ3v) is 2.98. The Hall–Kier alpha value is -2.53. The second-order valence-electron chi connectivity index (χ2n) is 4.70. The Kier molecular flexibility index (Phi) is 6.26. The summed E-state index contributed by atoms with van der Waals surface area (Å²) in [4.78, 5) is 0. The molecule has 116 valence electrons. The Labute approximate surface area is 130 Å². The zero-order chi connectivity index (χ0) is 15.6. The van der Waals surface area contributed by atoms with Crippen LogP contribution in [0, 0.1) is 5.41 Å². The van der Waals surface area contributed by atoms with Gasteiger partial charge in [0, 0.05) is 18.7 Å². The summed E-state index contributed by atoms with van der Waals surface area (Å²) in [7, 11) is 0. The van der Waals surface area contributed by atoms with Crippen LogP contribution in [0.3, 0.4) is 0 Å². The lowest BCUT2D eigenvalue weighted by atomic mass is 10.2. The first-order chi connectivity index (χ1) is 10.8. The SMILES string of the molecule is N=C(N)c1cccc(OCCNCCOc2ccccc2)c1. The van der Waals surface area contributed by atoms with E-state index in [1.54, 1.807) is 12.1 Å². The van der Waals surface area contributed by atoms with Crippen molar-refractivity contribution in [3.8, 4) is 11.5 Å². The predicted octanol–water partition coefficient (Wildman–Crippen LogP) is 2.02. The summed E-state index contributed by atoms with van der Waals surface area (Å²) in [6.07, 6.45) is 0. The van der Waals surface area contributed by atoms with E-state index in [0.717, 1.165) is 24.6 Å². The topological polar surface area (TPSA) is 80.4 Å². The summed E-state index contributed by atoms with van der Waals surface area (Å²) in [6, 6.07) is 17.0. The molecule has 0 aromatic heterocycles. The Morgan fingerprint density at radius 3 is 2.23 bits per heavy atom. The molecule has 0 aliphatic carbocycles. The molecule has 2 aromatic carbocycles. The summed E-state index contributed by atoms with van der Waals surface area (Å²) in [5.74, 6) is 1.64. The Morgan fingerprint density at radius 2 is 1.55 bits per heavy atom. The van der Waals surface area contributed by atoms with Crippen molar-refractivity contribution in [2.45, 2.75) is 0 Å². The van der Waals surface area contributed by atoms with Crippen molar-refractivity contribution in [3.05, 3.63) is 60.2 Å². The normalized spacial score (nSPS) is 10.2. The van der Waals surface area contributed by atoms with Crippen LogP contribution in [0.1, 0.15) is 5.56 Å². The van der Waals surface area contributed by atoms with Crippen LogP contribution in [-0.2, 0) is 0 Å². The van der Waals surface area contributed by atoms with E-state index < -0.39 is 0 Å². The van der Waals surface area contributed by atoms with Gasteiger partial charge in [-0.05, 0) is 24.3 Å². The molecule has 2 aromatic rings. The van der Waals surface area contributed by atoms with E-state index in [9.17, 15) is 0 Å². The first kappa shape index (κ1) is 15.9. The van der Waals surface area contributed by atoms with E-state index in [0.29, 0.717) is 18.8 Å². The molecule has 0 fully saturated rings. The van der Waals surface area contributed by atoms with Gasteiger partial charge in [-0.1, -0.05) is 30.3 Å². The number of nitrogens with two attached hydrogens (primary N) is 1. The van der Waals surface area contributed by atoms with Gasteiger partial charge >= 0.3 is 0 Å². The fourth-order valence-corrected chi connectivity index (χ4v) is 1.88. The van der Waals surface area contributed by atoms with Gasteiger partial charge < -0.3 is 20.5 Å². The summed E-state index contributed by atoms with van der Waals surface area (Å²) in [6.45, 7) is 2.64. The molecule has 0 saturated heterocycles. The predicted molar refractivity (Wildman–Crippen MR) is 87.8 cm³/mol. The fraction of sp³-hybridized carbons (Fsp3) is 0.235. The van der Waals surface area contributed by atoms with Crippen LogP contribution >= 0.6 is 0 Å². The quantitative estimate of drug-likeness (QED) is 0.376. The molecule has 2 rings (SSSR count). The van der Waals surface area contributed by atoms with Crippen LogP contribution in [0.5, 0.6) is 11.5 Å². The van der Waals surface area contributed by atoms with Gasteiger partial charge in [-0.25, -0.2) is 0 Å².